The van der Waals surface area contributed by atoms with Crippen LogP contribution in [-0.4, -0.2) is 32.3 Å². The maximum atomic E-state index is 14.2. The van der Waals surface area contributed by atoms with Crippen LogP contribution in [0.4, 0.5) is 15.8 Å². The quantitative estimate of drug-likeness (QED) is 0.915. The number of hydrogen-bond donors (Lipinski definition) is 1. The van der Waals surface area contributed by atoms with Crippen LogP contribution in [0.15, 0.2) is 18.2 Å². The van der Waals surface area contributed by atoms with Crippen molar-refractivity contribution in [3.63, 3.8) is 0 Å². The molecular weight excluding hydrogens is 255 g/mol. The molecule has 0 radical (unpaired) electrons. The second kappa shape index (κ2) is 6.00. The lowest BCUT2D eigenvalue weighted by atomic mass is 10.0. The number of hydrogen-bond acceptors (Lipinski definition) is 3. The number of nitrogens with zero attached hydrogens (tertiary/aromatic N) is 1. The summed E-state index contributed by atoms with van der Waals surface area (Å²) in [5.41, 5.74) is 1.61. The average Bonchev–Trinajstić information content (AvgIpc) is 3.12. The number of halogens is 1. The number of ether oxygens (including phenoxy) is 1. The van der Waals surface area contributed by atoms with Gasteiger partial charge in [0.2, 0.25) is 0 Å². The summed E-state index contributed by atoms with van der Waals surface area (Å²) in [4.78, 5) is 2.13. The fourth-order valence-electron chi connectivity index (χ4n) is 3.14. The fourth-order valence-corrected chi connectivity index (χ4v) is 3.14. The first kappa shape index (κ1) is 13.7. The van der Waals surface area contributed by atoms with Gasteiger partial charge in [-0.15, -0.1) is 0 Å². The van der Waals surface area contributed by atoms with Crippen molar-refractivity contribution >= 4 is 11.4 Å². The maximum absolute atomic E-state index is 14.2. The van der Waals surface area contributed by atoms with E-state index in [0.717, 1.165) is 56.9 Å². The standard InChI is InChI=1S/C16H23FN2O/c1-12(13-6-9-20-11-13)18-14-4-5-16(15(17)10-14)19-7-2-3-8-19/h4-5,10,12-13,18H,2-3,6-9,11H2,1H3. The molecular formula is C16H23FN2O. The molecule has 2 aliphatic heterocycles. The van der Waals surface area contributed by atoms with Crippen molar-refractivity contribution in [3.8, 4) is 0 Å². The summed E-state index contributed by atoms with van der Waals surface area (Å²) < 4.78 is 19.6. The predicted molar refractivity (Wildman–Crippen MR) is 79.9 cm³/mol. The van der Waals surface area contributed by atoms with Crippen LogP contribution in [0.1, 0.15) is 26.2 Å². The van der Waals surface area contributed by atoms with Gasteiger partial charge < -0.3 is 15.0 Å². The van der Waals surface area contributed by atoms with Crippen molar-refractivity contribution < 1.29 is 9.13 Å². The molecule has 0 saturated carbocycles. The predicted octanol–water partition coefficient (Wildman–Crippen LogP) is 3.26. The Kier molecular flexibility index (Phi) is 4.10. The highest BCUT2D eigenvalue weighted by Crippen LogP contribution is 2.27. The van der Waals surface area contributed by atoms with Crippen LogP contribution < -0.4 is 10.2 Å². The summed E-state index contributed by atoms with van der Waals surface area (Å²) >= 11 is 0. The van der Waals surface area contributed by atoms with Gasteiger partial charge in [-0.05, 0) is 44.4 Å². The molecule has 2 aliphatic rings. The van der Waals surface area contributed by atoms with E-state index in [1.807, 2.05) is 12.1 Å². The third kappa shape index (κ3) is 2.90. The summed E-state index contributed by atoms with van der Waals surface area (Å²) in [6.07, 6.45) is 3.42. The van der Waals surface area contributed by atoms with Crippen LogP contribution in [-0.2, 0) is 4.74 Å². The summed E-state index contributed by atoms with van der Waals surface area (Å²) in [6, 6.07) is 5.83. The van der Waals surface area contributed by atoms with E-state index in [2.05, 4.69) is 17.1 Å². The highest BCUT2D eigenvalue weighted by Gasteiger charge is 2.22. The van der Waals surface area contributed by atoms with Gasteiger partial charge in [-0.2, -0.15) is 0 Å². The Morgan fingerprint density at radius 1 is 1.35 bits per heavy atom. The second-order valence-electron chi connectivity index (χ2n) is 5.92. The van der Waals surface area contributed by atoms with E-state index in [0.29, 0.717) is 12.0 Å². The molecule has 0 aliphatic carbocycles. The van der Waals surface area contributed by atoms with Crippen molar-refractivity contribution in [2.24, 2.45) is 5.92 Å². The molecule has 1 aromatic carbocycles. The normalized spacial score (nSPS) is 24.1. The number of nitrogens with one attached hydrogen (secondary N) is 1. The van der Waals surface area contributed by atoms with E-state index in [1.54, 1.807) is 6.07 Å². The third-order valence-electron chi connectivity index (χ3n) is 4.46. The molecule has 3 rings (SSSR count). The molecule has 3 nitrogen and oxygen atoms in total. The van der Waals surface area contributed by atoms with Crippen molar-refractivity contribution in [2.45, 2.75) is 32.2 Å². The smallest absolute Gasteiger partial charge is 0.148 e. The van der Waals surface area contributed by atoms with Crippen molar-refractivity contribution in [1.82, 2.24) is 0 Å². The molecule has 2 fully saturated rings. The Balaban J connectivity index is 1.66. The summed E-state index contributed by atoms with van der Waals surface area (Å²) in [7, 11) is 0. The first-order valence-corrected chi connectivity index (χ1v) is 7.63. The average molecular weight is 278 g/mol. The molecule has 20 heavy (non-hydrogen) atoms. The summed E-state index contributed by atoms with van der Waals surface area (Å²) in [5.74, 6) is 0.406. The van der Waals surface area contributed by atoms with Crippen LogP contribution in [0.3, 0.4) is 0 Å². The number of rotatable bonds is 4. The highest BCUT2D eigenvalue weighted by molar-refractivity contribution is 5.57. The van der Waals surface area contributed by atoms with Gasteiger partial charge in [-0.1, -0.05) is 0 Å². The van der Waals surface area contributed by atoms with E-state index in [-0.39, 0.29) is 5.82 Å². The van der Waals surface area contributed by atoms with Crippen LogP contribution in [0.25, 0.3) is 0 Å². The Labute approximate surface area is 120 Å². The van der Waals surface area contributed by atoms with E-state index < -0.39 is 0 Å². The topological polar surface area (TPSA) is 24.5 Å². The SMILES string of the molecule is CC(Nc1ccc(N2CCCC2)c(F)c1)C1CCOC1. The molecule has 4 heteroatoms. The molecule has 0 bridgehead atoms. The van der Waals surface area contributed by atoms with Gasteiger partial charge >= 0.3 is 0 Å². The Morgan fingerprint density at radius 2 is 2.15 bits per heavy atom. The Morgan fingerprint density at radius 3 is 2.80 bits per heavy atom. The first-order chi connectivity index (χ1) is 9.74. The van der Waals surface area contributed by atoms with Gasteiger partial charge in [-0.3, -0.25) is 0 Å². The molecule has 1 aromatic rings. The monoisotopic (exact) mass is 278 g/mol. The summed E-state index contributed by atoms with van der Waals surface area (Å²) in [6.45, 7) is 5.74. The van der Waals surface area contributed by atoms with E-state index in [9.17, 15) is 4.39 Å². The zero-order valence-electron chi connectivity index (χ0n) is 12.1. The number of benzene rings is 1. The molecule has 2 heterocycles. The molecule has 2 saturated heterocycles. The highest BCUT2D eigenvalue weighted by atomic mass is 19.1. The molecule has 0 amide bonds. The zero-order chi connectivity index (χ0) is 13.9. The minimum Gasteiger partial charge on any atom is -0.382 e. The molecule has 2 atom stereocenters. The molecule has 0 aromatic heterocycles. The minimum absolute atomic E-state index is 0.119. The summed E-state index contributed by atoms with van der Waals surface area (Å²) in [5, 5.41) is 3.40. The lowest BCUT2D eigenvalue weighted by Gasteiger charge is -2.22. The lowest BCUT2D eigenvalue weighted by molar-refractivity contribution is 0.183. The lowest BCUT2D eigenvalue weighted by Crippen LogP contribution is -2.26. The van der Waals surface area contributed by atoms with Gasteiger partial charge in [-0.25, -0.2) is 4.39 Å². The fraction of sp³-hybridized carbons (Fsp3) is 0.625. The van der Waals surface area contributed by atoms with Crippen molar-refractivity contribution in [1.29, 1.82) is 0 Å². The van der Waals surface area contributed by atoms with Crippen molar-refractivity contribution in [2.75, 3.05) is 36.5 Å². The minimum atomic E-state index is -0.119. The van der Waals surface area contributed by atoms with E-state index in [1.165, 1.54) is 0 Å². The van der Waals surface area contributed by atoms with Gasteiger partial charge in [0.25, 0.3) is 0 Å². The zero-order valence-corrected chi connectivity index (χ0v) is 12.1. The van der Waals surface area contributed by atoms with E-state index in [4.69, 9.17) is 4.74 Å². The van der Waals surface area contributed by atoms with Gasteiger partial charge in [0, 0.05) is 37.3 Å². The number of anilines is 2. The maximum Gasteiger partial charge on any atom is 0.148 e. The second-order valence-corrected chi connectivity index (χ2v) is 5.92. The Bertz CT molecular complexity index is 454. The van der Waals surface area contributed by atoms with Crippen LogP contribution in [0.2, 0.25) is 0 Å². The van der Waals surface area contributed by atoms with Gasteiger partial charge in [0.05, 0.1) is 12.3 Å². The van der Waals surface area contributed by atoms with Gasteiger partial charge in [0.1, 0.15) is 5.82 Å². The van der Waals surface area contributed by atoms with E-state index >= 15 is 0 Å². The Hall–Kier alpha value is -1.29. The largest absolute Gasteiger partial charge is 0.382 e. The van der Waals surface area contributed by atoms with Crippen LogP contribution in [0.5, 0.6) is 0 Å². The van der Waals surface area contributed by atoms with Crippen molar-refractivity contribution in [3.05, 3.63) is 24.0 Å². The molecule has 1 N–H and O–H groups in total. The third-order valence-corrected chi connectivity index (χ3v) is 4.46. The van der Waals surface area contributed by atoms with Gasteiger partial charge in [0.15, 0.2) is 0 Å². The van der Waals surface area contributed by atoms with Crippen LogP contribution >= 0.6 is 0 Å². The molecule has 0 spiro atoms. The first-order valence-electron chi connectivity index (χ1n) is 7.63. The molecule has 110 valence electrons. The van der Waals surface area contributed by atoms with Crippen LogP contribution in [0, 0.1) is 11.7 Å². The molecule has 2 unspecified atom stereocenters.